The molecule has 1 fully saturated rings. The molecular formula is C23H33NO5. The maximum atomic E-state index is 13.0. The smallest absolute Gasteiger partial charge is 0.306 e. The summed E-state index contributed by atoms with van der Waals surface area (Å²) in [6, 6.07) is 6.34. The molecule has 1 aliphatic heterocycles. The average molecular weight is 404 g/mol. The van der Waals surface area contributed by atoms with Crippen LogP contribution < -0.4 is 10.1 Å². The maximum absolute atomic E-state index is 13.0. The van der Waals surface area contributed by atoms with Crippen LogP contribution in [0.5, 0.6) is 5.75 Å². The van der Waals surface area contributed by atoms with Crippen LogP contribution >= 0.6 is 0 Å². The molecule has 2 aliphatic rings. The van der Waals surface area contributed by atoms with Gasteiger partial charge in [-0.15, -0.1) is 0 Å². The van der Waals surface area contributed by atoms with E-state index in [4.69, 9.17) is 9.47 Å². The van der Waals surface area contributed by atoms with Gasteiger partial charge in [0, 0.05) is 32.1 Å². The van der Waals surface area contributed by atoms with Crippen molar-refractivity contribution in [3.8, 4) is 5.75 Å². The van der Waals surface area contributed by atoms with Crippen LogP contribution in [0.25, 0.3) is 0 Å². The number of hydrogen-bond acceptors (Lipinski definition) is 4. The number of carboxylic acids is 1. The molecule has 1 saturated carbocycles. The summed E-state index contributed by atoms with van der Waals surface area (Å²) in [6.07, 6.45) is 7.13. The number of carboxylic acid groups (broad SMARTS) is 1. The Kier molecular flexibility index (Phi) is 7.53. The number of fused-ring (bicyclic) bond motifs is 1. The monoisotopic (exact) mass is 403 g/mol. The molecule has 2 N–H and O–H groups in total. The Labute approximate surface area is 173 Å². The normalized spacial score (nSPS) is 18.1. The fourth-order valence-corrected chi connectivity index (χ4v) is 4.70. The van der Waals surface area contributed by atoms with Gasteiger partial charge in [0.25, 0.3) is 0 Å². The standard InChI is InChI=1S/C23H33NO5/c1-28-13-8-19(21(25)26)16-23(10-2-3-11-23)22(27)24-12-4-5-17-6-7-20-18(15-17)9-14-29-20/h6-7,15,19H,2-5,8-14,16H2,1H3,(H,24,27)(H,25,26). The molecule has 29 heavy (non-hydrogen) atoms. The summed E-state index contributed by atoms with van der Waals surface area (Å²) in [6.45, 7) is 1.78. The summed E-state index contributed by atoms with van der Waals surface area (Å²) in [5.41, 5.74) is 2.00. The van der Waals surface area contributed by atoms with Gasteiger partial charge in [-0.3, -0.25) is 9.59 Å². The highest BCUT2D eigenvalue weighted by Gasteiger charge is 2.43. The highest BCUT2D eigenvalue weighted by atomic mass is 16.5. The number of carbonyl (C=O) groups is 2. The Morgan fingerprint density at radius 2 is 2.10 bits per heavy atom. The van der Waals surface area contributed by atoms with Crippen LogP contribution in [-0.4, -0.2) is 43.9 Å². The molecule has 160 valence electrons. The lowest BCUT2D eigenvalue weighted by atomic mass is 9.76. The molecule has 0 aromatic heterocycles. The van der Waals surface area contributed by atoms with Crippen molar-refractivity contribution in [1.82, 2.24) is 5.32 Å². The van der Waals surface area contributed by atoms with E-state index in [1.54, 1.807) is 7.11 Å². The minimum atomic E-state index is -0.832. The summed E-state index contributed by atoms with van der Waals surface area (Å²) in [4.78, 5) is 24.7. The van der Waals surface area contributed by atoms with E-state index in [0.29, 0.717) is 26.0 Å². The van der Waals surface area contributed by atoms with E-state index in [2.05, 4.69) is 17.4 Å². The Morgan fingerprint density at radius 1 is 1.31 bits per heavy atom. The minimum absolute atomic E-state index is 0.0287. The summed E-state index contributed by atoms with van der Waals surface area (Å²) in [5, 5.41) is 12.7. The lowest BCUT2D eigenvalue weighted by Gasteiger charge is -2.30. The van der Waals surface area contributed by atoms with E-state index in [-0.39, 0.29) is 5.91 Å². The molecule has 1 unspecified atom stereocenters. The number of methoxy groups -OCH3 is 1. The molecule has 0 spiro atoms. The second-order valence-corrected chi connectivity index (χ2v) is 8.41. The Morgan fingerprint density at radius 3 is 2.83 bits per heavy atom. The number of rotatable bonds is 11. The van der Waals surface area contributed by atoms with Crippen molar-refractivity contribution in [2.24, 2.45) is 11.3 Å². The van der Waals surface area contributed by atoms with E-state index < -0.39 is 17.3 Å². The number of aliphatic carboxylic acids is 1. The van der Waals surface area contributed by atoms with E-state index in [1.807, 2.05) is 6.07 Å². The first kappa shape index (κ1) is 21.6. The van der Waals surface area contributed by atoms with Crippen LogP contribution in [0.4, 0.5) is 0 Å². The van der Waals surface area contributed by atoms with Crippen molar-refractivity contribution in [3.63, 3.8) is 0 Å². The van der Waals surface area contributed by atoms with Crippen molar-refractivity contribution >= 4 is 11.9 Å². The topological polar surface area (TPSA) is 84.9 Å². The van der Waals surface area contributed by atoms with Gasteiger partial charge < -0.3 is 19.9 Å². The summed E-state index contributed by atoms with van der Waals surface area (Å²) >= 11 is 0. The van der Waals surface area contributed by atoms with E-state index in [0.717, 1.165) is 57.3 Å². The number of carbonyl (C=O) groups excluding carboxylic acids is 1. The second kappa shape index (κ2) is 10.1. The molecule has 1 amide bonds. The third-order valence-corrected chi connectivity index (χ3v) is 6.38. The van der Waals surface area contributed by atoms with Gasteiger partial charge in [-0.25, -0.2) is 0 Å². The zero-order valence-corrected chi connectivity index (χ0v) is 17.4. The van der Waals surface area contributed by atoms with Crippen LogP contribution in [-0.2, 0) is 27.2 Å². The summed E-state index contributed by atoms with van der Waals surface area (Å²) in [5.74, 6) is -0.346. The number of amides is 1. The maximum Gasteiger partial charge on any atom is 0.306 e. The van der Waals surface area contributed by atoms with Gasteiger partial charge in [0.05, 0.1) is 12.5 Å². The van der Waals surface area contributed by atoms with Crippen LogP contribution in [0, 0.1) is 11.3 Å². The SMILES string of the molecule is COCCC(CC1(C(=O)NCCCc2ccc3c(c2)CCO3)CCCC1)C(=O)O. The molecule has 0 radical (unpaired) electrons. The van der Waals surface area contributed by atoms with Crippen molar-refractivity contribution in [3.05, 3.63) is 29.3 Å². The predicted octanol–water partition coefficient (Wildman–Crippen LogP) is 3.36. The van der Waals surface area contributed by atoms with Crippen molar-refractivity contribution in [2.45, 2.75) is 57.8 Å². The minimum Gasteiger partial charge on any atom is -0.493 e. The first-order valence-corrected chi connectivity index (χ1v) is 10.8. The summed E-state index contributed by atoms with van der Waals surface area (Å²) in [7, 11) is 1.57. The molecule has 1 aromatic rings. The first-order valence-electron chi connectivity index (χ1n) is 10.8. The van der Waals surface area contributed by atoms with Crippen molar-refractivity contribution in [1.29, 1.82) is 0 Å². The zero-order chi connectivity index (χ0) is 20.7. The van der Waals surface area contributed by atoms with Crippen LogP contribution in [0.15, 0.2) is 18.2 Å². The average Bonchev–Trinajstić information content (AvgIpc) is 3.37. The van der Waals surface area contributed by atoms with Gasteiger partial charge in [-0.1, -0.05) is 25.0 Å². The molecule has 3 rings (SSSR count). The molecule has 6 nitrogen and oxygen atoms in total. The quantitative estimate of drug-likeness (QED) is 0.554. The third kappa shape index (κ3) is 5.50. The molecule has 1 heterocycles. The number of hydrogen-bond donors (Lipinski definition) is 2. The van der Waals surface area contributed by atoms with Gasteiger partial charge >= 0.3 is 5.97 Å². The van der Waals surface area contributed by atoms with Crippen LogP contribution in [0.1, 0.15) is 56.1 Å². The molecule has 1 atom stereocenters. The lowest BCUT2D eigenvalue weighted by molar-refractivity contribution is -0.145. The van der Waals surface area contributed by atoms with Gasteiger partial charge in [0.15, 0.2) is 0 Å². The molecule has 6 heteroatoms. The molecule has 1 aromatic carbocycles. The molecule has 1 aliphatic carbocycles. The van der Waals surface area contributed by atoms with Crippen LogP contribution in [0.3, 0.4) is 0 Å². The van der Waals surface area contributed by atoms with E-state index in [1.165, 1.54) is 11.1 Å². The first-order chi connectivity index (χ1) is 14.0. The fraction of sp³-hybridized carbons (Fsp3) is 0.652. The van der Waals surface area contributed by atoms with Gasteiger partial charge in [-0.05, 0) is 55.7 Å². The predicted molar refractivity (Wildman–Crippen MR) is 110 cm³/mol. The number of aryl methyl sites for hydroxylation is 1. The van der Waals surface area contributed by atoms with Gasteiger partial charge in [0.1, 0.15) is 5.75 Å². The van der Waals surface area contributed by atoms with Crippen LogP contribution in [0.2, 0.25) is 0 Å². The zero-order valence-electron chi connectivity index (χ0n) is 17.4. The molecular weight excluding hydrogens is 370 g/mol. The Bertz CT molecular complexity index is 711. The van der Waals surface area contributed by atoms with Gasteiger partial charge in [0.2, 0.25) is 5.91 Å². The lowest BCUT2D eigenvalue weighted by Crippen LogP contribution is -2.42. The van der Waals surface area contributed by atoms with Crippen molar-refractivity contribution < 1.29 is 24.2 Å². The number of nitrogens with one attached hydrogen (secondary N) is 1. The fourth-order valence-electron chi connectivity index (χ4n) is 4.70. The number of ether oxygens (including phenoxy) is 2. The van der Waals surface area contributed by atoms with E-state index in [9.17, 15) is 14.7 Å². The Hall–Kier alpha value is -2.08. The largest absolute Gasteiger partial charge is 0.493 e. The van der Waals surface area contributed by atoms with Crippen molar-refractivity contribution in [2.75, 3.05) is 26.9 Å². The number of benzene rings is 1. The molecule has 0 bridgehead atoms. The third-order valence-electron chi connectivity index (χ3n) is 6.38. The Balaban J connectivity index is 1.50. The highest BCUT2D eigenvalue weighted by molar-refractivity contribution is 5.83. The van der Waals surface area contributed by atoms with E-state index >= 15 is 0 Å². The highest BCUT2D eigenvalue weighted by Crippen LogP contribution is 2.44. The molecule has 0 saturated heterocycles. The summed E-state index contributed by atoms with van der Waals surface area (Å²) < 4.78 is 10.6. The van der Waals surface area contributed by atoms with Gasteiger partial charge in [-0.2, -0.15) is 0 Å². The second-order valence-electron chi connectivity index (χ2n) is 8.41.